The summed E-state index contributed by atoms with van der Waals surface area (Å²) in [5.74, 6) is 0.408. The van der Waals surface area contributed by atoms with Gasteiger partial charge in [-0.15, -0.1) is 0 Å². The van der Waals surface area contributed by atoms with Crippen molar-refractivity contribution in [3.63, 3.8) is 0 Å². The molecule has 0 spiro atoms. The third-order valence-corrected chi connectivity index (χ3v) is 4.15. The van der Waals surface area contributed by atoms with Crippen LogP contribution in [0.4, 0.5) is 4.39 Å². The Labute approximate surface area is 151 Å². The van der Waals surface area contributed by atoms with Crippen molar-refractivity contribution in [3.05, 3.63) is 70.8 Å². The molecule has 0 atom stereocenters. The van der Waals surface area contributed by atoms with Crippen LogP contribution in [0.15, 0.2) is 53.1 Å². The van der Waals surface area contributed by atoms with Crippen molar-refractivity contribution in [2.45, 2.75) is 32.8 Å². The van der Waals surface area contributed by atoms with Gasteiger partial charge in [0, 0.05) is 0 Å². The predicted molar refractivity (Wildman–Crippen MR) is 96.4 cm³/mol. The molecule has 0 saturated carbocycles. The van der Waals surface area contributed by atoms with Gasteiger partial charge < -0.3 is 9.15 Å². The van der Waals surface area contributed by atoms with Crippen LogP contribution in [0.2, 0.25) is 5.02 Å². The summed E-state index contributed by atoms with van der Waals surface area (Å²) in [6.45, 7) is 6.71. The minimum atomic E-state index is -0.473. The standard InChI is InChI=1S/C20H19ClFNO2/c1-20(2,3)13-7-9-15(10-8-13)24-11-14-12-25-19(23-14)18-16(21)5-4-6-17(18)22/h4-10,12H,11H2,1-3H3. The minimum absolute atomic E-state index is 0.0958. The Kier molecular flexibility index (Phi) is 4.82. The molecule has 1 heterocycles. The first-order valence-corrected chi connectivity index (χ1v) is 8.34. The third-order valence-electron chi connectivity index (χ3n) is 3.84. The van der Waals surface area contributed by atoms with E-state index in [4.69, 9.17) is 20.8 Å². The molecule has 0 amide bonds. The molecule has 0 bridgehead atoms. The van der Waals surface area contributed by atoms with Crippen molar-refractivity contribution < 1.29 is 13.5 Å². The lowest BCUT2D eigenvalue weighted by Gasteiger charge is -2.19. The normalized spacial score (nSPS) is 11.6. The summed E-state index contributed by atoms with van der Waals surface area (Å²) in [6, 6.07) is 12.4. The summed E-state index contributed by atoms with van der Waals surface area (Å²) in [6.07, 6.45) is 1.45. The lowest BCUT2D eigenvalue weighted by atomic mass is 9.87. The van der Waals surface area contributed by atoms with E-state index in [0.29, 0.717) is 5.69 Å². The SMILES string of the molecule is CC(C)(C)c1ccc(OCc2coc(-c3c(F)cccc3Cl)n2)cc1. The van der Waals surface area contributed by atoms with Gasteiger partial charge in [0.05, 0.1) is 10.6 Å². The fourth-order valence-corrected chi connectivity index (χ4v) is 2.64. The van der Waals surface area contributed by atoms with E-state index in [2.05, 4.69) is 25.8 Å². The van der Waals surface area contributed by atoms with Crippen LogP contribution in [0.3, 0.4) is 0 Å². The molecule has 0 aliphatic rings. The second-order valence-electron chi connectivity index (χ2n) is 6.80. The molecule has 0 N–H and O–H groups in total. The van der Waals surface area contributed by atoms with Gasteiger partial charge in [-0.1, -0.05) is 50.6 Å². The number of benzene rings is 2. The monoisotopic (exact) mass is 359 g/mol. The molecule has 1 aromatic heterocycles. The quantitative estimate of drug-likeness (QED) is 0.572. The Morgan fingerprint density at radius 3 is 2.48 bits per heavy atom. The van der Waals surface area contributed by atoms with Crippen LogP contribution >= 0.6 is 11.6 Å². The van der Waals surface area contributed by atoms with E-state index in [1.807, 2.05) is 24.3 Å². The molecule has 0 fully saturated rings. The molecule has 0 aliphatic carbocycles. The molecular formula is C20H19ClFNO2. The van der Waals surface area contributed by atoms with E-state index < -0.39 is 5.82 Å². The highest BCUT2D eigenvalue weighted by Crippen LogP contribution is 2.30. The maximum atomic E-state index is 13.9. The molecule has 3 rings (SSSR count). The maximum Gasteiger partial charge on any atom is 0.230 e. The number of rotatable bonds is 4. The van der Waals surface area contributed by atoms with Crippen molar-refractivity contribution in [2.24, 2.45) is 0 Å². The van der Waals surface area contributed by atoms with Gasteiger partial charge in [-0.3, -0.25) is 0 Å². The molecule has 5 heteroatoms. The number of hydrogen-bond acceptors (Lipinski definition) is 3. The zero-order valence-corrected chi connectivity index (χ0v) is 15.1. The van der Waals surface area contributed by atoms with Gasteiger partial charge in [0.1, 0.15) is 30.1 Å². The molecule has 3 aromatic rings. The number of hydrogen-bond donors (Lipinski definition) is 0. The second kappa shape index (κ2) is 6.89. The van der Waals surface area contributed by atoms with Crippen LogP contribution in [-0.4, -0.2) is 4.98 Å². The molecule has 0 saturated heterocycles. The van der Waals surface area contributed by atoms with Crippen LogP contribution in [0.25, 0.3) is 11.5 Å². The third kappa shape index (κ3) is 4.02. The summed E-state index contributed by atoms with van der Waals surface area (Å²) in [7, 11) is 0. The first-order chi connectivity index (χ1) is 11.8. The zero-order valence-electron chi connectivity index (χ0n) is 14.3. The number of ether oxygens (including phenoxy) is 1. The minimum Gasteiger partial charge on any atom is -0.487 e. The largest absolute Gasteiger partial charge is 0.487 e. The van der Waals surface area contributed by atoms with E-state index in [1.54, 1.807) is 6.07 Å². The van der Waals surface area contributed by atoms with E-state index >= 15 is 0 Å². The van der Waals surface area contributed by atoms with Crippen LogP contribution in [0.1, 0.15) is 32.0 Å². The number of aromatic nitrogens is 1. The van der Waals surface area contributed by atoms with Crippen LogP contribution in [0, 0.1) is 5.82 Å². The summed E-state index contributed by atoms with van der Waals surface area (Å²) < 4.78 is 25.0. The molecule has 3 nitrogen and oxygen atoms in total. The first-order valence-electron chi connectivity index (χ1n) is 7.97. The topological polar surface area (TPSA) is 35.3 Å². The lowest BCUT2D eigenvalue weighted by molar-refractivity contribution is 0.301. The average Bonchev–Trinajstić information content (AvgIpc) is 3.01. The predicted octanol–water partition coefficient (Wildman–Crippen LogP) is 6.01. The van der Waals surface area contributed by atoms with Crippen LogP contribution in [0.5, 0.6) is 5.75 Å². The van der Waals surface area contributed by atoms with Gasteiger partial charge in [0.25, 0.3) is 0 Å². The van der Waals surface area contributed by atoms with Gasteiger partial charge in [0.15, 0.2) is 0 Å². The number of nitrogens with zero attached hydrogens (tertiary/aromatic N) is 1. The van der Waals surface area contributed by atoms with Gasteiger partial charge in [-0.2, -0.15) is 0 Å². The molecule has 0 aliphatic heterocycles. The highest BCUT2D eigenvalue weighted by molar-refractivity contribution is 6.33. The Bertz CT molecular complexity index is 846. The van der Waals surface area contributed by atoms with Gasteiger partial charge in [-0.25, -0.2) is 9.37 Å². The highest BCUT2D eigenvalue weighted by atomic mass is 35.5. The Morgan fingerprint density at radius 1 is 1.12 bits per heavy atom. The first kappa shape index (κ1) is 17.5. The van der Waals surface area contributed by atoms with Gasteiger partial charge in [-0.05, 0) is 35.2 Å². The average molecular weight is 360 g/mol. The van der Waals surface area contributed by atoms with Crippen molar-refractivity contribution in [3.8, 4) is 17.2 Å². The van der Waals surface area contributed by atoms with E-state index in [9.17, 15) is 4.39 Å². The number of oxazole rings is 1. The van der Waals surface area contributed by atoms with Crippen molar-refractivity contribution >= 4 is 11.6 Å². The summed E-state index contributed by atoms with van der Waals surface area (Å²) in [5, 5.41) is 0.257. The lowest BCUT2D eigenvalue weighted by Crippen LogP contribution is -2.10. The summed E-state index contributed by atoms with van der Waals surface area (Å²) in [4.78, 5) is 4.26. The van der Waals surface area contributed by atoms with E-state index in [0.717, 1.165) is 5.75 Å². The molecule has 0 unspecified atom stereocenters. The molecular weight excluding hydrogens is 341 g/mol. The van der Waals surface area contributed by atoms with Crippen LogP contribution < -0.4 is 4.74 Å². The van der Waals surface area contributed by atoms with Gasteiger partial charge in [0.2, 0.25) is 5.89 Å². The van der Waals surface area contributed by atoms with E-state index in [-0.39, 0.29) is 28.5 Å². The van der Waals surface area contributed by atoms with Gasteiger partial charge >= 0.3 is 0 Å². The molecule has 2 aromatic carbocycles. The maximum absolute atomic E-state index is 13.9. The highest BCUT2D eigenvalue weighted by Gasteiger charge is 2.16. The van der Waals surface area contributed by atoms with E-state index in [1.165, 1.54) is 24.0 Å². The fraction of sp³-hybridized carbons (Fsp3) is 0.250. The second-order valence-corrected chi connectivity index (χ2v) is 7.21. The fourth-order valence-electron chi connectivity index (χ4n) is 2.40. The Hall–Kier alpha value is -2.33. The summed E-state index contributed by atoms with van der Waals surface area (Å²) >= 11 is 6.03. The zero-order chi connectivity index (χ0) is 18.0. The Morgan fingerprint density at radius 2 is 1.84 bits per heavy atom. The molecule has 130 valence electrons. The van der Waals surface area contributed by atoms with Crippen molar-refractivity contribution in [2.75, 3.05) is 0 Å². The Balaban J connectivity index is 1.70. The molecule has 0 radical (unpaired) electrons. The van der Waals surface area contributed by atoms with Crippen LogP contribution in [-0.2, 0) is 12.0 Å². The van der Waals surface area contributed by atoms with Crippen molar-refractivity contribution in [1.29, 1.82) is 0 Å². The summed E-state index contributed by atoms with van der Waals surface area (Å²) in [5.41, 5.74) is 2.05. The number of halogens is 2. The van der Waals surface area contributed by atoms with Crippen molar-refractivity contribution in [1.82, 2.24) is 4.98 Å². The smallest absolute Gasteiger partial charge is 0.230 e. The molecule has 25 heavy (non-hydrogen) atoms.